The van der Waals surface area contributed by atoms with Crippen molar-refractivity contribution in [2.45, 2.75) is 165 Å². The molecule has 1 aromatic carbocycles. The minimum absolute atomic E-state index is 0.0724. The molecular weight excluding hydrogens is 750 g/mol. The van der Waals surface area contributed by atoms with E-state index in [2.05, 4.69) is 35.2 Å². The number of piperidine rings is 2. The summed E-state index contributed by atoms with van der Waals surface area (Å²) in [6.07, 6.45) is 10.3. The molecule has 2 heterocycles. The number of rotatable bonds is 16. The smallest absolute Gasteiger partial charge is 0.453 e. The second-order valence-corrected chi connectivity index (χ2v) is 19.6. The lowest BCUT2D eigenvalue weighted by Crippen LogP contribution is -2.49. The molecule has 1 aromatic rings. The molecule has 1 amide bonds. The van der Waals surface area contributed by atoms with Gasteiger partial charge in [-0.05, 0) is 137 Å². The second-order valence-electron chi connectivity index (χ2n) is 17.9. The summed E-state index contributed by atoms with van der Waals surface area (Å²) in [4.78, 5) is 16.8. The Kier molecular flexibility index (Phi) is 14.6. The summed E-state index contributed by atoms with van der Waals surface area (Å²) < 4.78 is 75.5. The first-order valence-electron chi connectivity index (χ1n) is 21.6. The Hall–Kier alpha value is -2.12. The maximum atomic E-state index is 13.1. The molecule has 2 aliphatic heterocycles. The molecule has 56 heavy (non-hydrogen) atoms. The monoisotopic (exact) mass is 813 g/mol. The molecule has 7 nitrogen and oxygen atoms in total. The van der Waals surface area contributed by atoms with Gasteiger partial charge < -0.3 is 24.7 Å². The number of hydrogen-bond acceptors (Lipinski definition) is 5. The van der Waals surface area contributed by atoms with Crippen LogP contribution in [0.1, 0.15) is 158 Å². The van der Waals surface area contributed by atoms with E-state index in [0.717, 1.165) is 114 Å². The fraction of sp³-hybridized carbons (Fsp3) is 0.814. The molecule has 5 aliphatic rings. The van der Waals surface area contributed by atoms with Gasteiger partial charge in [0.2, 0.25) is 0 Å². The molecule has 316 valence electrons. The fourth-order valence-electron chi connectivity index (χ4n) is 11.6. The Morgan fingerprint density at radius 1 is 0.946 bits per heavy atom. The average Bonchev–Trinajstić information content (AvgIpc) is 3.52. The second kappa shape index (κ2) is 18.9. The van der Waals surface area contributed by atoms with Gasteiger partial charge in [-0.3, -0.25) is 0 Å². The lowest BCUT2D eigenvalue weighted by molar-refractivity contribution is -0.284. The lowest BCUT2D eigenvalue weighted by atomic mass is 9.52. The molecule has 4 fully saturated rings. The van der Waals surface area contributed by atoms with Crippen LogP contribution in [0.3, 0.4) is 0 Å². The van der Waals surface area contributed by atoms with Crippen LogP contribution in [0.4, 0.5) is 26.7 Å². The van der Waals surface area contributed by atoms with Crippen molar-refractivity contribution in [1.82, 2.24) is 9.80 Å². The zero-order valence-electron chi connectivity index (χ0n) is 33.2. The summed E-state index contributed by atoms with van der Waals surface area (Å²) in [5, 5.41) is 24.0. The maximum absolute atomic E-state index is 13.1. The van der Waals surface area contributed by atoms with Crippen LogP contribution in [0.15, 0.2) is 23.4 Å². The van der Waals surface area contributed by atoms with E-state index >= 15 is 0 Å². The zero-order valence-corrected chi connectivity index (χ0v) is 34.0. The lowest BCUT2D eigenvalue weighted by Gasteiger charge is -2.52. The summed E-state index contributed by atoms with van der Waals surface area (Å²) in [6.45, 7) is 5.10. The Bertz CT molecular complexity index is 1490. The number of fused-ring (bicyclic) bond motifs is 5. The molecule has 0 radical (unpaired) electrons. The molecule has 2 saturated heterocycles. The number of carbonyl (C=O) groups is 1. The van der Waals surface area contributed by atoms with Crippen LogP contribution in [0.5, 0.6) is 0 Å². The first-order chi connectivity index (χ1) is 26.7. The van der Waals surface area contributed by atoms with E-state index in [1.165, 1.54) is 30.4 Å². The Balaban J connectivity index is 1.04. The van der Waals surface area contributed by atoms with Crippen molar-refractivity contribution in [2.75, 3.05) is 31.1 Å². The normalized spacial score (nSPS) is 31.2. The van der Waals surface area contributed by atoms with Gasteiger partial charge in [-0.15, -0.1) is 0 Å². The number of hydrogen-bond donors (Lipinski definition) is 2. The van der Waals surface area contributed by atoms with Gasteiger partial charge in [-0.25, -0.2) is 4.79 Å². The summed E-state index contributed by atoms with van der Waals surface area (Å²) in [5.41, 5.74) is 4.85. The standard InChI is InChI=1S/C43H64F5N3O4S/c1-41-21-18-35-34-15-14-30(37-29-33(19-24-51(37)40(52)53)50-22-9-7-10-23-50)27-32(34)28-31(39(35)36(41)16-17-38(41)49-54)13-8-5-3-2-4-6-11-25-56(55)26-12-20-42(44,45)43(46,47)48/h14-15,27,31,33,35-37,39,54H,2-13,16-26,28-29H2,1H3,(H,52,53)/t31-,33?,35-,36+,37?,39-,41+,56?/m1/s1. The molecule has 0 spiro atoms. The van der Waals surface area contributed by atoms with E-state index in [1.807, 2.05) is 0 Å². The van der Waals surface area contributed by atoms with E-state index in [4.69, 9.17) is 0 Å². The zero-order chi connectivity index (χ0) is 40.1. The predicted octanol–water partition coefficient (Wildman–Crippen LogP) is 11.1. The highest BCUT2D eigenvalue weighted by Gasteiger charge is 2.57. The van der Waals surface area contributed by atoms with E-state index in [1.54, 1.807) is 4.90 Å². The SMILES string of the molecule is C[C@]12CC[C@@H]3c4ccc(C5CC(N6CCCCC6)CCN5C(=O)O)cc4C[C@@H](CCCCCCCCC[S+]([O-])CCCC(F)(F)C(F)(F)F)[C@H]3[C@@H]1CCC2=NO. The highest BCUT2D eigenvalue weighted by molar-refractivity contribution is 7.91. The van der Waals surface area contributed by atoms with Crippen LogP contribution in [-0.4, -0.2) is 85.8 Å². The molecule has 0 aromatic heterocycles. The Labute approximate surface area is 333 Å². The third kappa shape index (κ3) is 9.83. The third-order valence-corrected chi connectivity index (χ3v) is 16.1. The molecule has 3 unspecified atom stereocenters. The van der Waals surface area contributed by atoms with Gasteiger partial charge >= 0.3 is 18.2 Å². The van der Waals surface area contributed by atoms with Crippen LogP contribution < -0.4 is 0 Å². The summed E-state index contributed by atoms with van der Waals surface area (Å²) in [7, 11) is 0. The van der Waals surface area contributed by atoms with Crippen LogP contribution in [0, 0.1) is 23.2 Å². The Morgan fingerprint density at radius 3 is 2.34 bits per heavy atom. The Morgan fingerprint density at radius 2 is 1.64 bits per heavy atom. The van der Waals surface area contributed by atoms with Crippen LogP contribution in [0.2, 0.25) is 0 Å². The average molecular weight is 814 g/mol. The number of carboxylic acid groups (broad SMARTS) is 1. The van der Waals surface area contributed by atoms with Crippen molar-refractivity contribution in [1.29, 1.82) is 0 Å². The van der Waals surface area contributed by atoms with Crippen molar-refractivity contribution in [2.24, 2.45) is 28.3 Å². The van der Waals surface area contributed by atoms with Gasteiger partial charge in [-0.2, -0.15) is 22.0 Å². The minimum atomic E-state index is -5.56. The predicted molar refractivity (Wildman–Crippen MR) is 210 cm³/mol. The molecule has 13 heteroatoms. The van der Waals surface area contributed by atoms with Crippen LogP contribution in [-0.2, 0) is 17.6 Å². The van der Waals surface area contributed by atoms with Gasteiger partial charge in [-0.1, -0.05) is 80.0 Å². The summed E-state index contributed by atoms with van der Waals surface area (Å²) in [5.74, 6) is -2.59. The quantitative estimate of drug-likeness (QED) is 0.0569. The number of amides is 1. The summed E-state index contributed by atoms with van der Waals surface area (Å²) in [6, 6.07) is 7.21. The topological polar surface area (TPSA) is 99.4 Å². The van der Waals surface area contributed by atoms with E-state index in [9.17, 15) is 41.6 Å². The molecule has 2 saturated carbocycles. The van der Waals surface area contributed by atoms with Crippen LogP contribution in [0.25, 0.3) is 0 Å². The van der Waals surface area contributed by atoms with Gasteiger partial charge in [0.05, 0.1) is 11.8 Å². The van der Waals surface area contributed by atoms with Crippen molar-refractivity contribution in [3.63, 3.8) is 0 Å². The van der Waals surface area contributed by atoms with E-state index in [0.29, 0.717) is 48.4 Å². The molecule has 8 atom stereocenters. The van der Waals surface area contributed by atoms with Crippen molar-refractivity contribution >= 4 is 23.0 Å². The molecule has 3 aliphatic carbocycles. The fourth-order valence-corrected chi connectivity index (χ4v) is 12.8. The van der Waals surface area contributed by atoms with Crippen molar-refractivity contribution < 1.29 is 41.6 Å². The molecule has 6 rings (SSSR count). The third-order valence-electron chi connectivity index (χ3n) is 14.6. The molecular formula is C43H64F5N3O4S. The van der Waals surface area contributed by atoms with E-state index in [-0.39, 0.29) is 17.2 Å². The van der Waals surface area contributed by atoms with Gasteiger partial charge in [0.25, 0.3) is 0 Å². The first kappa shape index (κ1) is 43.5. The first-order valence-corrected chi connectivity index (χ1v) is 23.1. The highest BCUT2D eigenvalue weighted by Crippen LogP contribution is 2.62. The van der Waals surface area contributed by atoms with E-state index < -0.39 is 42.2 Å². The number of benzene rings is 1. The summed E-state index contributed by atoms with van der Waals surface area (Å²) >= 11 is -1.38. The molecule has 0 bridgehead atoms. The largest absolute Gasteiger partial charge is 0.616 e. The minimum Gasteiger partial charge on any atom is -0.616 e. The number of unbranched alkanes of at least 4 members (excludes halogenated alkanes) is 6. The number of halogens is 5. The van der Waals surface area contributed by atoms with Gasteiger partial charge in [0, 0.05) is 24.4 Å². The number of nitrogens with zero attached hydrogens (tertiary/aromatic N) is 3. The molecule has 2 N–H and O–H groups in total. The van der Waals surface area contributed by atoms with Crippen molar-refractivity contribution in [3.05, 3.63) is 34.9 Å². The highest BCUT2D eigenvalue weighted by atomic mass is 32.2. The van der Waals surface area contributed by atoms with Gasteiger partial charge in [0.15, 0.2) is 0 Å². The maximum Gasteiger partial charge on any atom is 0.453 e. The number of alkyl halides is 5. The number of likely N-dealkylation sites (tertiary alicyclic amines) is 2. The van der Waals surface area contributed by atoms with Crippen molar-refractivity contribution in [3.8, 4) is 0 Å². The van der Waals surface area contributed by atoms with Crippen LogP contribution >= 0.6 is 0 Å². The van der Waals surface area contributed by atoms with Gasteiger partial charge in [0.1, 0.15) is 11.5 Å². The number of oxime groups is 1.